The standard InChI is InChI=1S/C10H21ClNO2P/c1-2-3-4-5-10-6-9-14-15(13)12(10)8-7-11/h10,15H,2-9H2,1H3. The number of alkyl halides is 1. The molecule has 1 aliphatic heterocycles. The molecule has 1 aliphatic rings. The van der Waals surface area contributed by atoms with Gasteiger partial charge in [0.25, 0.3) is 8.18 Å². The highest BCUT2D eigenvalue weighted by Gasteiger charge is 2.27. The number of halogens is 1. The van der Waals surface area contributed by atoms with Crippen LogP contribution in [0.4, 0.5) is 0 Å². The molecule has 1 heterocycles. The maximum Gasteiger partial charge on any atom is 0.261 e. The number of hydrogen-bond acceptors (Lipinski definition) is 2. The summed E-state index contributed by atoms with van der Waals surface area (Å²) in [7, 11) is -1.98. The number of unbranched alkanes of at least 4 members (excludes halogenated alkanes) is 2. The molecule has 2 atom stereocenters. The van der Waals surface area contributed by atoms with E-state index in [1.165, 1.54) is 19.3 Å². The van der Waals surface area contributed by atoms with Gasteiger partial charge in [-0.05, 0) is 12.8 Å². The highest BCUT2D eigenvalue weighted by Crippen LogP contribution is 2.37. The molecule has 5 heteroatoms. The Morgan fingerprint density at radius 1 is 1.53 bits per heavy atom. The van der Waals surface area contributed by atoms with Crippen molar-refractivity contribution in [2.24, 2.45) is 0 Å². The highest BCUT2D eigenvalue weighted by molar-refractivity contribution is 7.36. The van der Waals surface area contributed by atoms with Crippen molar-refractivity contribution in [2.75, 3.05) is 19.0 Å². The van der Waals surface area contributed by atoms with Gasteiger partial charge < -0.3 is 4.52 Å². The first-order valence-electron chi connectivity index (χ1n) is 5.79. The van der Waals surface area contributed by atoms with Crippen LogP contribution in [0.1, 0.15) is 39.0 Å². The van der Waals surface area contributed by atoms with Crippen LogP contribution in [0.3, 0.4) is 0 Å². The van der Waals surface area contributed by atoms with E-state index in [0.29, 0.717) is 25.1 Å². The van der Waals surface area contributed by atoms with Gasteiger partial charge in [0.2, 0.25) is 0 Å². The molecule has 2 unspecified atom stereocenters. The third-order valence-corrected chi connectivity index (χ3v) is 4.50. The van der Waals surface area contributed by atoms with Crippen molar-refractivity contribution in [1.82, 2.24) is 4.67 Å². The third-order valence-electron chi connectivity index (χ3n) is 2.82. The van der Waals surface area contributed by atoms with E-state index in [0.717, 1.165) is 12.8 Å². The minimum Gasteiger partial charge on any atom is -0.319 e. The molecule has 0 bridgehead atoms. The first-order chi connectivity index (χ1) is 7.29. The zero-order chi connectivity index (χ0) is 11.1. The van der Waals surface area contributed by atoms with Crippen molar-refractivity contribution in [3.05, 3.63) is 0 Å². The van der Waals surface area contributed by atoms with Crippen molar-refractivity contribution < 1.29 is 9.09 Å². The van der Waals surface area contributed by atoms with Gasteiger partial charge in [-0.2, -0.15) is 0 Å². The highest BCUT2D eigenvalue weighted by atomic mass is 35.5. The number of nitrogens with zero attached hydrogens (tertiary/aromatic N) is 1. The van der Waals surface area contributed by atoms with Gasteiger partial charge in [-0.15, -0.1) is 11.6 Å². The summed E-state index contributed by atoms with van der Waals surface area (Å²) in [5, 5.41) is 0. The third kappa shape index (κ3) is 4.44. The zero-order valence-corrected chi connectivity index (χ0v) is 11.1. The zero-order valence-electron chi connectivity index (χ0n) is 9.38. The van der Waals surface area contributed by atoms with E-state index < -0.39 is 8.18 Å². The lowest BCUT2D eigenvalue weighted by Gasteiger charge is -2.34. The quantitative estimate of drug-likeness (QED) is 0.413. The molecule has 15 heavy (non-hydrogen) atoms. The molecule has 0 amide bonds. The Hall–Kier alpha value is 0.440. The van der Waals surface area contributed by atoms with Crippen molar-refractivity contribution in [2.45, 2.75) is 45.1 Å². The van der Waals surface area contributed by atoms with Gasteiger partial charge in [-0.1, -0.05) is 26.2 Å². The van der Waals surface area contributed by atoms with Gasteiger partial charge in [0.05, 0.1) is 6.61 Å². The van der Waals surface area contributed by atoms with E-state index in [4.69, 9.17) is 16.1 Å². The summed E-state index contributed by atoms with van der Waals surface area (Å²) >= 11 is 5.71. The lowest BCUT2D eigenvalue weighted by Crippen LogP contribution is -2.35. The second-order valence-electron chi connectivity index (χ2n) is 3.94. The molecular weight excluding hydrogens is 233 g/mol. The van der Waals surface area contributed by atoms with Crippen LogP contribution in [-0.2, 0) is 9.09 Å². The molecule has 0 aromatic carbocycles. The average Bonchev–Trinajstić information content (AvgIpc) is 2.23. The molecule has 0 spiro atoms. The summed E-state index contributed by atoms with van der Waals surface area (Å²) in [6.45, 7) is 3.53. The van der Waals surface area contributed by atoms with E-state index in [-0.39, 0.29) is 0 Å². The Bertz CT molecular complexity index is 204. The maximum atomic E-state index is 11.7. The Morgan fingerprint density at radius 3 is 3.00 bits per heavy atom. The molecule has 1 saturated heterocycles. The van der Waals surface area contributed by atoms with E-state index in [2.05, 4.69) is 6.92 Å². The molecule has 0 saturated carbocycles. The fraction of sp³-hybridized carbons (Fsp3) is 1.00. The van der Waals surface area contributed by atoms with E-state index in [1.54, 1.807) is 0 Å². The molecule has 0 aliphatic carbocycles. The molecule has 0 radical (unpaired) electrons. The first-order valence-corrected chi connectivity index (χ1v) is 7.58. The van der Waals surface area contributed by atoms with Crippen molar-refractivity contribution in [3.8, 4) is 0 Å². The monoisotopic (exact) mass is 253 g/mol. The summed E-state index contributed by atoms with van der Waals surface area (Å²) in [6.07, 6.45) is 5.83. The van der Waals surface area contributed by atoms with Crippen LogP contribution < -0.4 is 0 Å². The van der Waals surface area contributed by atoms with Crippen LogP contribution in [0, 0.1) is 0 Å². The van der Waals surface area contributed by atoms with Crippen molar-refractivity contribution in [1.29, 1.82) is 0 Å². The summed E-state index contributed by atoms with van der Waals surface area (Å²) < 4.78 is 18.8. The number of rotatable bonds is 6. The Labute approximate surface area is 98.0 Å². The Morgan fingerprint density at radius 2 is 2.33 bits per heavy atom. The van der Waals surface area contributed by atoms with E-state index >= 15 is 0 Å². The van der Waals surface area contributed by atoms with Crippen molar-refractivity contribution in [3.63, 3.8) is 0 Å². The molecule has 0 aromatic heterocycles. The van der Waals surface area contributed by atoms with Gasteiger partial charge in [0.15, 0.2) is 0 Å². The minimum atomic E-state index is -1.98. The Kier molecular flexibility index (Phi) is 6.91. The fourth-order valence-corrected chi connectivity index (χ4v) is 3.60. The van der Waals surface area contributed by atoms with Crippen LogP contribution in [0.5, 0.6) is 0 Å². The first kappa shape index (κ1) is 13.5. The van der Waals surface area contributed by atoms with Gasteiger partial charge >= 0.3 is 0 Å². The summed E-state index contributed by atoms with van der Waals surface area (Å²) in [6, 6.07) is 0.426. The molecule has 0 N–H and O–H groups in total. The second-order valence-corrected chi connectivity index (χ2v) is 5.71. The van der Waals surface area contributed by atoms with Gasteiger partial charge in [-0.25, -0.2) is 4.67 Å². The Balaban J connectivity index is 2.39. The van der Waals surface area contributed by atoms with Crippen LogP contribution in [0.2, 0.25) is 0 Å². The van der Waals surface area contributed by atoms with Crippen LogP contribution in [0.25, 0.3) is 0 Å². The molecule has 0 aromatic rings. The summed E-state index contributed by atoms with van der Waals surface area (Å²) in [4.78, 5) is 0. The topological polar surface area (TPSA) is 29.5 Å². The molecule has 1 fully saturated rings. The van der Waals surface area contributed by atoms with Crippen LogP contribution in [0.15, 0.2) is 0 Å². The van der Waals surface area contributed by atoms with Gasteiger partial charge in [-0.3, -0.25) is 4.57 Å². The fourth-order valence-electron chi connectivity index (χ4n) is 1.97. The minimum absolute atomic E-state index is 0.426. The predicted molar refractivity (Wildman–Crippen MR) is 64.9 cm³/mol. The average molecular weight is 254 g/mol. The normalized spacial score (nSPS) is 28.1. The second kappa shape index (κ2) is 7.67. The maximum absolute atomic E-state index is 11.7. The summed E-state index contributed by atoms with van der Waals surface area (Å²) in [5.74, 6) is 0.532. The molecule has 90 valence electrons. The largest absolute Gasteiger partial charge is 0.319 e. The van der Waals surface area contributed by atoms with Crippen LogP contribution >= 0.6 is 19.8 Å². The van der Waals surface area contributed by atoms with E-state index in [9.17, 15) is 4.57 Å². The summed E-state index contributed by atoms with van der Waals surface area (Å²) in [5.41, 5.74) is 0. The SMILES string of the molecule is CCCCCC1CCO[PH](=O)N1CCCl. The molecule has 3 nitrogen and oxygen atoms in total. The number of hydrogen-bond donors (Lipinski definition) is 0. The predicted octanol–water partition coefficient (Wildman–Crippen LogP) is 3.29. The molecular formula is C10H21ClNO2P. The molecule has 1 rings (SSSR count). The lowest BCUT2D eigenvalue weighted by molar-refractivity contribution is 0.168. The van der Waals surface area contributed by atoms with Crippen molar-refractivity contribution >= 4 is 19.8 Å². The van der Waals surface area contributed by atoms with Gasteiger partial charge in [0, 0.05) is 18.5 Å². The van der Waals surface area contributed by atoms with Gasteiger partial charge in [0.1, 0.15) is 0 Å². The smallest absolute Gasteiger partial charge is 0.261 e. The van der Waals surface area contributed by atoms with Crippen LogP contribution in [-0.4, -0.2) is 29.7 Å². The van der Waals surface area contributed by atoms with E-state index in [1.807, 2.05) is 4.67 Å². The lowest BCUT2D eigenvalue weighted by atomic mass is 10.1.